The zero-order chi connectivity index (χ0) is 13.9. The maximum absolute atomic E-state index is 10.5. The lowest BCUT2D eigenvalue weighted by atomic mass is 9.99. The van der Waals surface area contributed by atoms with Gasteiger partial charge in [0.15, 0.2) is 0 Å². The highest BCUT2D eigenvalue weighted by Crippen LogP contribution is 2.25. The van der Waals surface area contributed by atoms with Gasteiger partial charge in [-0.3, -0.25) is 4.98 Å². The van der Waals surface area contributed by atoms with Gasteiger partial charge in [0, 0.05) is 27.1 Å². The van der Waals surface area contributed by atoms with Crippen LogP contribution in [0.5, 0.6) is 0 Å². The molecule has 0 aliphatic carbocycles. The van der Waals surface area contributed by atoms with Crippen molar-refractivity contribution in [1.82, 2.24) is 4.98 Å². The molecule has 0 aliphatic heterocycles. The fourth-order valence-corrected chi connectivity index (χ4v) is 2.71. The Labute approximate surface area is 131 Å². The molecule has 1 unspecified atom stereocenters. The van der Waals surface area contributed by atoms with E-state index in [4.69, 9.17) is 0 Å². The second-order valence-electron chi connectivity index (χ2n) is 4.77. The number of fused-ring (bicyclic) bond motifs is 1. The lowest BCUT2D eigenvalue weighted by Crippen LogP contribution is -2.03. The number of halogens is 1. The van der Waals surface area contributed by atoms with Crippen LogP contribution >= 0.6 is 22.6 Å². The summed E-state index contributed by atoms with van der Waals surface area (Å²) < 4.78 is 1.20. The first kappa shape index (κ1) is 13.5. The maximum Gasteiger partial charge on any atom is 0.0851 e. The van der Waals surface area contributed by atoms with Gasteiger partial charge in [-0.2, -0.15) is 0 Å². The Kier molecular flexibility index (Phi) is 3.98. The van der Waals surface area contributed by atoms with Crippen LogP contribution in [0, 0.1) is 3.57 Å². The number of hydrogen-bond donors (Lipinski definition) is 1. The molecule has 0 saturated carbocycles. The molecular formula is C17H14INO. The monoisotopic (exact) mass is 375 g/mol. The average molecular weight is 375 g/mol. The molecule has 0 saturated heterocycles. The van der Waals surface area contributed by atoms with Crippen molar-refractivity contribution in [2.45, 2.75) is 12.5 Å². The van der Waals surface area contributed by atoms with Crippen LogP contribution in [-0.2, 0) is 6.42 Å². The van der Waals surface area contributed by atoms with Crippen molar-refractivity contribution in [2.24, 2.45) is 0 Å². The van der Waals surface area contributed by atoms with Crippen molar-refractivity contribution < 1.29 is 5.11 Å². The van der Waals surface area contributed by atoms with Crippen molar-refractivity contribution in [1.29, 1.82) is 0 Å². The van der Waals surface area contributed by atoms with Crippen LogP contribution in [0.15, 0.2) is 60.8 Å². The van der Waals surface area contributed by atoms with E-state index in [2.05, 4.69) is 51.8 Å². The Morgan fingerprint density at radius 3 is 2.55 bits per heavy atom. The first-order chi connectivity index (χ1) is 9.74. The zero-order valence-electron chi connectivity index (χ0n) is 10.8. The molecule has 3 heteroatoms. The molecule has 0 aliphatic rings. The number of aliphatic hydroxyl groups is 1. The smallest absolute Gasteiger partial charge is 0.0851 e. The molecule has 0 spiro atoms. The van der Waals surface area contributed by atoms with Gasteiger partial charge < -0.3 is 5.11 Å². The van der Waals surface area contributed by atoms with Crippen LogP contribution in [0.3, 0.4) is 0 Å². The number of benzene rings is 2. The summed E-state index contributed by atoms with van der Waals surface area (Å²) in [4.78, 5) is 4.40. The summed E-state index contributed by atoms with van der Waals surface area (Å²) in [5, 5.41) is 11.6. The molecule has 0 amide bonds. The van der Waals surface area contributed by atoms with Gasteiger partial charge in [0.1, 0.15) is 0 Å². The Hall–Kier alpha value is -1.46. The number of nitrogens with zero attached hydrogens (tertiary/aromatic N) is 1. The van der Waals surface area contributed by atoms with Crippen molar-refractivity contribution in [2.75, 3.05) is 0 Å². The van der Waals surface area contributed by atoms with E-state index in [9.17, 15) is 5.11 Å². The van der Waals surface area contributed by atoms with E-state index >= 15 is 0 Å². The lowest BCUT2D eigenvalue weighted by molar-refractivity contribution is 0.180. The third-order valence-corrected chi connectivity index (χ3v) is 4.08. The van der Waals surface area contributed by atoms with E-state index < -0.39 is 6.10 Å². The molecule has 20 heavy (non-hydrogen) atoms. The Morgan fingerprint density at radius 1 is 1.00 bits per heavy atom. The van der Waals surface area contributed by atoms with Gasteiger partial charge in [-0.15, -0.1) is 0 Å². The standard InChI is InChI=1S/C17H14INO/c18-14-8-6-12(7-9-14)11-16(20)15-5-1-3-13-4-2-10-19-17(13)15/h1-10,16,20H,11H2. The van der Waals surface area contributed by atoms with Gasteiger partial charge in [0.25, 0.3) is 0 Å². The number of rotatable bonds is 3. The van der Waals surface area contributed by atoms with E-state index in [0.29, 0.717) is 6.42 Å². The Morgan fingerprint density at radius 2 is 1.75 bits per heavy atom. The highest BCUT2D eigenvalue weighted by atomic mass is 127. The van der Waals surface area contributed by atoms with Gasteiger partial charge in [-0.1, -0.05) is 36.4 Å². The topological polar surface area (TPSA) is 33.1 Å². The minimum Gasteiger partial charge on any atom is -0.388 e. The largest absolute Gasteiger partial charge is 0.388 e. The number of para-hydroxylation sites is 1. The quantitative estimate of drug-likeness (QED) is 0.699. The number of aromatic nitrogens is 1. The third kappa shape index (κ3) is 2.83. The van der Waals surface area contributed by atoms with Crippen LogP contribution in [0.4, 0.5) is 0 Å². The van der Waals surface area contributed by atoms with Crippen LogP contribution in [-0.4, -0.2) is 10.1 Å². The second kappa shape index (κ2) is 5.89. The molecule has 3 aromatic rings. The highest BCUT2D eigenvalue weighted by molar-refractivity contribution is 14.1. The van der Waals surface area contributed by atoms with Gasteiger partial charge >= 0.3 is 0 Å². The SMILES string of the molecule is OC(Cc1ccc(I)cc1)c1cccc2cccnc12. The molecule has 2 aromatic carbocycles. The maximum atomic E-state index is 10.5. The summed E-state index contributed by atoms with van der Waals surface area (Å²) >= 11 is 2.28. The van der Waals surface area contributed by atoms with E-state index in [1.807, 2.05) is 30.3 Å². The summed E-state index contributed by atoms with van der Waals surface area (Å²) in [5.74, 6) is 0. The third-order valence-electron chi connectivity index (χ3n) is 3.37. The summed E-state index contributed by atoms with van der Waals surface area (Å²) in [6, 6.07) is 18.1. The normalized spacial score (nSPS) is 12.5. The number of pyridine rings is 1. The molecule has 0 fully saturated rings. The molecule has 1 atom stereocenters. The summed E-state index contributed by atoms with van der Waals surface area (Å²) in [7, 11) is 0. The Bertz CT molecular complexity index is 719. The van der Waals surface area contributed by atoms with Crippen molar-refractivity contribution >= 4 is 33.5 Å². The van der Waals surface area contributed by atoms with E-state index in [0.717, 1.165) is 22.0 Å². The first-order valence-corrected chi connectivity index (χ1v) is 7.58. The molecule has 1 aromatic heterocycles. The molecule has 0 bridgehead atoms. The fourth-order valence-electron chi connectivity index (χ4n) is 2.35. The molecule has 1 N–H and O–H groups in total. The van der Waals surface area contributed by atoms with Crippen LogP contribution in [0.2, 0.25) is 0 Å². The predicted octanol–water partition coefficient (Wildman–Crippen LogP) is 4.12. The molecule has 0 radical (unpaired) electrons. The number of aliphatic hydroxyl groups excluding tert-OH is 1. The van der Waals surface area contributed by atoms with E-state index in [1.165, 1.54) is 3.57 Å². The van der Waals surface area contributed by atoms with Gasteiger partial charge in [0.05, 0.1) is 11.6 Å². The van der Waals surface area contributed by atoms with Crippen molar-refractivity contribution in [3.8, 4) is 0 Å². The fraction of sp³-hybridized carbons (Fsp3) is 0.118. The van der Waals surface area contributed by atoms with E-state index in [-0.39, 0.29) is 0 Å². The zero-order valence-corrected chi connectivity index (χ0v) is 13.0. The average Bonchev–Trinajstić information content (AvgIpc) is 2.49. The summed E-state index contributed by atoms with van der Waals surface area (Å²) in [6.45, 7) is 0. The van der Waals surface area contributed by atoms with Crippen LogP contribution < -0.4 is 0 Å². The second-order valence-corrected chi connectivity index (χ2v) is 6.01. The summed E-state index contributed by atoms with van der Waals surface area (Å²) in [6.07, 6.45) is 1.84. The summed E-state index contributed by atoms with van der Waals surface area (Å²) in [5.41, 5.74) is 2.90. The highest BCUT2D eigenvalue weighted by Gasteiger charge is 2.12. The number of hydrogen-bond acceptors (Lipinski definition) is 2. The Balaban J connectivity index is 1.92. The predicted molar refractivity (Wildman–Crippen MR) is 89.6 cm³/mol. The molecule has 1 heterocycles. The van der Waals surface area contributed by atoms with Crippen LogP contribution in [0.25, 0.3) is 10.9 Å². The van der Waals surface area contributed by atoms with Gasteiger partial charge in [-0.05, 0) is 46.4 Å². The minimum atomic E-state index is -0.534. The van der Waals surface area contributed by atoms with Gasteiger partial charge in [0.2, 0.25) is 0 Å². The van der Waals surface area contributed by atoms with Crippen LogP contribution in [0.1, 0.15) is 17.2 Å². The molecule has 2 nitrogen and oxygen atoms in total. The van der Waals surface area contributed by atoms with Crippen molar-refractivity contribution in [3.63, 3.8) is 0 Å². The molecular weight excluding hydrogens is 361 g/mol. The van der Waals surface area contributed by atoms with E-state index in [1.54, 1.807) is 6.20 Å². The van der Waals surface area contributed by atoms with Gasteiger partial charge in [-0.25, -0.2) is 0 Å². The van der Waals surface area contributed by atoms with Crippen molar-refractivity contribution in [3.05, 3.63) is 75.5 Å². The minimum absolute atomic E-state index is 0.534. The first-order valence-electron chi connectivity index (χ1n) is 6.50. The lowest BCUT2D eigenvalue weighted by Gasteiger charge is -2.13. The molecule has 3 rings (SSSR count). The molecule has 100 valence electrons.